The summed E-state index contributed by atoms with van der Waals surface area (Å²) in [4.78, 5) is 0. The minimum Gasteiger partial charge on any atom is -0.126 e. The second-order valence-electron chi connectivity index (χ2n) is 3.47. The molecule has 0 fully saturated rings. The summed E-state index contributed by atoms with van der Waals surface area (Å²) in [7, 11) is 0. The predicted molar refractivity (Wildman–Crippen MR) is 52.8 cm³/mol. The molecule has 0 nitrogen and oxygen atoms in total. The summed E-state index contributed by atoms with van der Waals surface area (Å²) in [6, 6.07) is 0. The summed E-state index contributed by atoms with van der Waals surface area (Å²) in [6.45, 7) is 0. The lowest BCUT2D eigenvalue weighted by atomic mass is 9.92. The van der Waals surface area contributed by atoms with Crippen molar-refractivity contribution in [3.8, 4) is 0 Å². The van der Waals surface area contributed by atoms with E-state index in [4.69, 9.17) is 0 Å². The van der Waals surface area contributed by atoms with Gasteiger partial charge in [-0.1, -0.05) is 0 Å². The highest BCUT2D eigenvalue weighted by Gasteiger charge is 2.31. The number of allylic oxidation sites excluding steroid dienone is 6. The highest BCUT2D eigenvalue weighted by molar-refractivity contribution is 5.59. The minimum atomic E-state index is 0.496. The van der Waals surface area contributed by atoms with E-state index in [1.54, 1.807) is 0 Å². The molecule has 60 valence electrons. The van der Waals surface area contributed by atoms with Gasteiger partial charge in [-0.3, -0.25) is 0 Å². The SMILES string of the molecule is C1=C[CH+]C2=C3CC=C=CC3C=C2C=1. The van der Waals surface area contributed by atoms with Crippen LogP contribution in [0.4, 0.5) is 0 Å². The normalized spacial score (nSPS) is 27.1. The molecule has 0 heteroatoms. The molecule has 0 spiro atoms. The van der Waals surface area contributed by atoms with E-state index in [2.05, 4.69) is 42.2 Å². The second-order valence-corrected chi connectivity index (χ2v) is 3.47. The lowest BCUT2D eigenvalue weighted by molar-refractivity contribution is 0.920. The molecular weight excluding hydrogens is 156 g/mol. The molecule has 0 amide bonds. The molecule has 0 aromatic carbocycles. The highest BCUT2D eigenvalue weighted by Crippen LogP contribution is 2.38. The molecule has 0 saturated carbocycles. The van der Waals surface area contributed by atoms with Crippen LogP contribution in [0.1, 0.15) is 6.42 Å². The van der Waals surface area contributed by atoms with Crippen molar-refractivity contribution >= 4 is 0 Å². The molecule has 0 saturated heterocycles. The van der Waals surface area contributed by atoms with E-state index in [0.29, 0.717) is 5.92 Å². The fraction of sp³-hybridized carbons (Fsp3) is 0.154. The van der Waals surface area contributed by atoms with E-state index < -0.39 is 0 Å². The number of rotatable bonds is 0. The number of hydrogen-bond donors (Lipinski definition) is 0. The maximum absolute atomic E-state index is 3.18. The van der Waals surface area contributed by atoms with E-state index in [9.17, 15) is 0 Å². The molecule has 13 heavy (non-hydrogen) atoms. The third-order valence-electron chi connectivity index (χ3n) is 2.72. The van der Waals surface area contributed by atoms with E-state index in [1.807, 2.05) is 6.08 Å². The van der Waals surface area contributed by atoms with E-state index in [-0.39, 0.29) is 0 Å². The van der Waals surface area contributed by atoms with Gasteiger partial charge in [0.05, 0.1) is 23.6 Å². The van der Waals surface area contributed by atoms with Crippen LogP contribution in [0.15, 0.2) is 58.6 Å². The molecule has 0 N–H and O–H groups in total. The van der Waals surface area contributed by atoms with Gasteiger partial charge in [0.2, 0.25) is 0 Å². The van der Waals surface area contributed by atoms with Crippen molar-refractivity contribution in [3.05, 3.63) is 65.0 Å². The molecule has 0 aliphatic heterocycles. The van der Waals surface area contributed by atoms with Gasteiger partial charge in [-0.15, -0.1) is 5.73 Å². The van der Waals surface area contributed by atoms with E-state index in [0.717, 1.165) is 6.42 Å². The van der Waals surface area contributed by atoms with Gasteiger partial charge in [0.1, 0.15) is 5.57 Å². The zero-order chi connectivity index (χ0) is 8.67. The summed E-state index contributed by atoms with van der Waals surface area (Å²) >= 11 is 0. The van der Waals surface area contributed by atoms with Crippen molar-refractivity contribution in [1.82, 2.24) is 0 Å². The monoisotopic (exact) mass is 165 g/mol. The van der Waals surface area contributed by atoms with E-state index in [1.165, 1.54) is 16.7 Å². The second kappa shape index (κ2) is 2.44. The van der Waals surface area contributed by atoms with Crippen LogP contribution in [-0.2, 0) is 0 Å². The van der Waals surface area contributed by atoms with Gasteiger partial charge in [0, 0.05) is 24.1 Å². The summed E-state index contributed by atoms with van der Waals surface area (Å²) in [5.41, 5.74) is 10.5. The number of hydrogen-bond acceptors (Lipinski definition) is 0. The van der Waals surface area contributed by atoms with Gasteiger partial charge in [-0.05, 0) is 18.2 Å². The fourth-order valence-electron chi connectivity index (χ4n) is 2.08. The van der Waals surface area contributed by atoms with Crippen LogP contribution in [0.2, 0.25) is 0 Å². The van der Waals surface area contributed by atoms with Crippen molar-refractivity contribution in [2.24, 2.45) is 5.92 Å². The standard InChI is InChI=1S/C13H9/c1-3-7-12-10(5-1)9-11-6-2-4-8-13(11)12/h3-7,9,11H,8H2/q+1. The van der Waals surface area contributed by atoms with E-state index >= 15 is 0 Å². The van der Waals surface area contributed by atoms with Gasteiger partial charge in [-0.2, -0.15) is 0 Å². The quantitative estimate of drug-likeness (QED) is 0.382. The summed E-state index contributed by atoms with van der Waals surface area (Å²) < 4.78 is 0. The molecule has 0 heterocycles. The van der Waals surface area contributed by atoms with Crippen molar-refractivity contribution in [1.29, 1.82) is 0 Å². The first-order valence-corrected chi connectivity index (χ1v) is 4.57. The molecule has 0 aromatic rings. The molecule has 0 bridgehead atoms. The van der Waals surface area contributed by atoms with Crippen molar-refractivity contribution < 1.29 is 0 Å². The largest absolute Gasteiger partial charge is 0.126 e. The molecule has 1 unspecified atom stereocenters. The van der Waals surface area contributed by atoms with Crippen LogP contribution in [0.3, 0.4) is 0 Å². The van der Waals surface area contributed by atoms with Gasteiger partial charge in [0.25, 0.3) is 0 Å². The fourth-order valence-corrected chi connectivity index (χ4v) is 2.08. The Bertz CT molecular complexity index is 442. The molecule has 3 aliphatic carbocycles. The first-order valence-electron chi connectivity index (χ1n) is 4.57. The van der Waals surface area contributed by atoms with Crippen LogP contribution >= 0.6 is 0 Å². The Morgan fingerprint density at radius 2 is 2.38 bits per heavy atom. The summed E-state index contributed by atoms with van der Waals surface area (Å²) in [5, 5.41) is 0. The zero-order valence-electron chi connectivity index (χ0n) is 7.25. The lowest BCUT2D eigenvalue weighted by Gasteiger charge is -2.06. The average Bonchev–Trinajstić information content (AvgIpc) is 2.56. The van der Waals surface area contributed by atoms with Crippen molar-refractivity contribution in [3.63, 3.8) is 0 Å². The molecule has 0 radical (unpaired) electrons. The van der Waals surface area contributed by atoms with Crippen LogP contribution in [-0.4, -0.2) is 0 Å². The summed E-state index contributed by atoms with van der Waals surface area (Å²) in [5.74, 6) is 0.496. The minimum absolute atomic E-state index is 0.496. The molecular formula is C13H9+. The van der Waals surface area contributed by atoms with Crippen LogP contribution in [0.25, 0.3) is 0 Å². The Morgan fingerprint density at radius 1 is 1.38 bits per heavy atom. The Kier molecular flexibility index (Phi) is 1.29. The maximum atomic E-state index is 3.18. The average molecular weight is 165 g/mol. The van der Waals surface area contributed by atoms with Crippen LogP contribution in [0.5, 0.6) is 0 Å². The van der Waals surface area contributed by atoms with Gasteiger partial charge in [0.15, 0.2) is 0 Å². The third-order valence-corrected chi connectivity index (χ3v) is 2.72. The molecule has 3 aliphatic rings. The predicted octanol–water partition coefficient (Wildman–Crippen LogP) is 2.88. The first kappa shape index (κ1) is 6.86. The third kappa shape index (κ3) is 0.907. The van der Waals surface area contributed by atoms with Crippen LogP contribution < -0.4 is 0 Å². The molecule has 1 atom stereocenters. The Labute approximate surface area is 78.0 Å². The van der Waals surface area contributed by atoms with Crippen LogP contribution in [0, 0.1) is 12.3 Å². The Balaban J connectivity index is 2.16. The van der Waals surface area contributed by atoms with Gasteiger partial charge < -0.3 is 0 Å². The van der Waals surface area contributed by atoms with Crippen molar-refractivity contribution in [2.75, 3.05) is 0 Å². The topological polar surface area (TPSA) is 0 Å². The van der Waals surface area contributed by atoms with Gasteiger partial charge >= 0.3 is 0 Å². The number of fused-ring (bicyclic) bond motifs is 2. The molecule has 3 rings (SSSR count). The maximum Gasteiger partial charge on any atom is 0.105 e. The first-order chi connectivity index (χ1) is 6.45. The lowest BCUT2D eigenvalue weighted by Crippen LogP contribution is -1.97. The molecule has 0 aromatic heterocycles. The Hall–Kier alpha value is -1.61. The van der Waals surface area contributed by atoms with Crippen molar-refractivity contribution in [2.45, 2.75) is 6.42 Å². The van der Waals surface area contributed by atoms with Gasteiger partial charge in [-0.25, -0.2) is 0 Å². The highest BCUT2D eigenvalue weighted by atomic mass is 14.3. The Morgan fingerprint density at radius 3 is 3.38 bits per heavy atom. The summed E-state index contributed by atoms with van der Waals surface area (Å²) in [6.07, 6.45) is 13.8. The zero-order valence-corrected chi connectivity index (χ0v) is 7.25. The smallest absolute Gasteiger partial charge is 0.105 e.